The topological polar surface area (TPSA) is 122 Å². The van der Waals surface area contributed by atoms with E-state index in [9.17, 15) is 24.8 Å². The number of amides is 2. The number of hydrogen-bond acceptors (Lipinski definition) is 5. The van der Waals surface area contributed by atoms with Gasteiger partial charge in [-0.1, -0.05) is 0 Å². The van der Waals surface area contributed by atoms with Gasteiger partial charge in [0.15, 0.2) is 0 Å². The van der Waals surface area contributed by atoms with E-state index >= 15 is 0 Å². The van der Waals surface area contributed by atoms with Crippen LogP contribution < -0.4 is 10.9 Å². The van der Waals surface area contributed by atoms with E-state index in [1.54, 1.807) is 0 Å². The number of rotatable bonds is 4. The molecular weight excluding hydrogens is 350 g/mol. The van der Waals surface area contributed by atoms with Crippen LogP contribution in [0.4, 0.5) is 5.69 Å². The number of nitro groups is 1. The Kier molecular flexibility index (Phi) is 4.18. The summed E-state index contributed by atoms with van der Waals surface area (Å²) in [5.41, 5.74) is 4.16. The largest absolute Gasteiger partial charge is 0.390 e. The Bertz CT molecular complexity index is 777. The van der Waals surface area contributed by atoms with Gasteiger partial charge in [0, 0.05) is 24.1 Å². The first-order valence-corrected chi connectivity index (χ1v) is 9.32. The number of nitro benzene ring substituents is 1. The van der Waals surface area contributed by atoms with Gasteiger partial charge in [-0.15, -0.1) is 0 Å². The highest BCUT2D eigenvalue weighted by Gasteiger charge is 2.57. The maximum Gasteiger partial charge on any atom is 0.269 e. The number of non-ortho nitro benzene ring substituents is 1. The SMILES string of the molecule is O=C(CC12CC3CC(CC(O)(C3)C1)C2)NNC(=O)c1ccc([N+](=O)[O-])cc1. The van der Waals surface area contributed by atoms with E-state index in [-0.39, 0.29) is 22.6 Å². The van der Waals surface area contributed by atoms with E-state index in [0.29, 0.717) is 24.7 Å². The smallest absolute Gasteiger partial charge is 0.269 e. The van der Waals surface area contributed by atoms with Crippen LogP contribution in [0.5, 0.6) is 0 Å². The lowest BCUT2D eigenvalue weighted by atomic mass is 9.47. The molecule has 0 aliphatic heterocycles. The standard InChI is InChI=1S/C19H23N3O5/c23-16(20-21-17(24)14-1-3-15(4-2-14)22(26)27)10-18-6-12-5-13(7-18)9-19(25,8-12)11-18/h1-4,12-13,25H,5-11H2,(H,20,23)(H,21,24). The molecule has 5 rings (SSSR count). The van der Waals surface area contributed by atoms with Crippen LogP contribution in [-0.4, -0.2) is 27.4 Å². The highest BCUT2D eigenvalue weighted by Crippen LogP contribution is 2.62. The van der Waals surface area contributed by atoms with Crippen LogP contribution in [0.15, 0.2) is 24.3 Å². The van der Waals surface area contributed by atoms with Gasteiger partial charge < -0.3 is 5.11 Å². The normalized spacial score (nSPS) is 33.5. The molecule has 4 bridgehead atoms. The molecule has 1 aromatic rings. The van der Waals surface area contributed by atoms with Crippen LogP contribution in [0.25, 0.3) is 0 Å². The molecule has 2 unspecified atom stereocenters. The van der Waals surface area contributed by atoms with E-state index < -0.39 is 16.4 Å². The summed E-state index contributed by atoms with van der Waals surface area (Å²) in [7, 11) is 0. The minimum absolute atomic E-state index is 0.102. The zero-order chi connectivity index (χ0) is 19.2. The van der Waals surface area contributed by atoms with E-state index in [4.69, 9.17) is 0 Å². The molecule has 144 valence electrons. The zero-order valence-corrected chi connectivity index (χ0v) is 14.9. The van der Waals surface area contributed by atoms with Gasteiger partial charge in [0.2, 0.25) is 5.91 Å². The van der Waals surface area contributed by atoms with Gasteiger partial charge in [0.1, 0.15) is 0 Å². The number of benzene rings is 1. The summed E-state index contributed by atoms with van der Waals surface area (Å²) in [6.45, 7) is 0. The van der Waals surface area contributed by atoms with Crippen LogP contribution in [0.1, 0.15) is 55.3 Å². The lowest BCUT2D eigenvalue weighted by Gasteiger charge is -2.60. The van der Waals surface area contributed by atoms with Gasteiger partial charge in [-0.05, 0) is 67.9 Å². The molecule has 8 nitrogen and oxygen atoms in total. The molecule has 4 fully saturated rings. The number of hydrogen-bond donors (Lipinski definition) is 3. The predicted molar refractivity (Wildman–Crippen MR) is 95.4 cm³/mol. The number of nitrogens with zero attached hydrogens (tertiary/aromatic N) is 1. The maximum absolute atomic E-state index is 12.4. The molecule has 8 heteroatoms. The molecule has 0 radical (unpaired) electrons. The average molecular weight is 373 g/mol. The van der Waals surface area contributed by atoms with Crippen LogP contribution in [0.2, 0.25) is 0 Å². The third kappa shape index (κ3) is 3.53. The molecule has 0 saturated heterocycles. The van der Waals surface area contributed by atoms with E-state index in [1.165, 1.54) is 24.3 Å². The fourth-order valence-corrected chi connectivity index (χ4v) is 5.93. The molecule has 2 amide bonds. The van der Waals surface area contributed by atoms with Crippen LogP contribution in [0, 0.1) is 27.4 Å². The first-order valence-electron chi connectivity index (χ1n) is 9.32. The van der Waals surface area contributed by atoms with E-state index in [1.807, 2.05) is 0 Å². The fourth-order valence-electron chi connectivity index (χ4n) is 5.93. The van der Waals surface area contributed by atoms with Crippen molar-refractivity contribution >= 4 is 17.5 Å². The number of nitrogens with one attached hydrogen (secondary N) is 2. The zero-order valence-electron chi connectivity index (χ0n) is 14.9. The first-order chi connectivity index (χ1) is 12.8. The summed E-state index contributed by atoms with van der Waals surface area (Å²) in [5, 5.41) is 21.4. The number of carbonyl (C=O) groups excluding carboxylic acids is 2. The predicted octanol–water partition coefficient (Wildman–Crippen LogP) is 2.08. The van der Waals surface area contributed by atoms with Crippen molar-refractivity contribution in [3.8, 4) is 0 Å². The second-order valence-corrected chi connectivity index (χ2v) is 8.67. The summed E-state index contributed by atoms with van der Waals surface area (Å²) in [6.07, 6.45) is 5.75. The Balaban J connectivity index is 1.33. The minimum atomic E-state index is -0.619. The van der Waals surface area contributed by atoms with Crippen molar-refractivity contribution in [3.63, 3.8) is 0 Å². The molecule has 2 atom stereocenters. The monoisotopic (exact) mass is 373 g/mol. The van der Waals surface area contributed by atoms with E-state index in [0.717, 1.165) is 32.1 Å². The summed E-state index contributed by atoms with van der Waals surface area (Å²) in [4.78, 5) is 34.6. The lowest BCUT2D eigenvalue weighted by Crippen LogP contribution is -2.57. The van der Waals surface area contributed by atoms with Crippen molar-refractivity contribution in [1.82, 2.24) is 10.9 Å². The quantitative estimate of drug-likeness (QED) is 0.551. The number of hydrazine groups is 1. The maximum atomic E-state index is 12.4. The van der Waals surface area contributed by atoms with E-state index in [2.05, 4.69) is 10.9 Å². The van der Waals surface area contributed by atoms with Gasteiger partial charge in [-0.3, -0.25) is 30.6 Å². The summed E-state index contributed by atoms with van der Waals surface area (Å²) in [5.74, 6) is 0.204. The van der Waals surface area contributed by atoms with Crippen LogP contribution in [0.3, 0.4) is 0 Å². The molecule has 4 saturated carbocycles. The van der Waals surface area contributed by atoms with Crippen LogP contribution in [-0.2, 0) is 4.79 Å². The van der Waals surface area contributed by atoms with Crippen molar-refractivity contribution in [2.24, 2.45) is 17.3 Å². The molecule has 0 heterocycles. The first kappa shape index (κ1) is 17.9. The Hall–Kier alpha value is -2.48. The average Bonchev–Trinajstić information content (AvgIpc) is 2.57. The third-order valence-electron chi connectivity index (χ3n) is 6.34. The van der Waals surface area contributed by atoms with Crippen molar-refractivity contribution in [1.29, 1.82) is 0 Å². The second-order valence-electron chi connectivity index (χ2n) is 8.67. The van der Waals surface area contributed by atoms with Gasteiger partial charge in [0.05, 0.1) is 10.5 Å². The van der Waals surface area contributed by atoms with Crippen molar-refractivity contribution in [3.05, 3.63) is 39.9 Å². The molecule has 0 aromatic heterocycles. The van der Waals surface area contributed by atoms with Gasteiger partial charge in [-0.25, -0.2) is 0 Å². The molecule has 4 aliphatic carbocycles. The van der Waals surface area contributed by atoms with Gasteiger partial charge in [-0.2, -0.15) is 0 Å². The summed E-state index contributed by atoms with van der Waals surface area (Å²) in [6, 6.07) is 5.17. The molecule has 27 heavy (non-hydrogen) atoms. The van der Waals surface area contributed by atoms with Crippen molar-refractivity contribution < 1.29 is 19.6 Å². The van der Waals surface area contributed by atoms with Crippen molar-refractivity contribution in [2.45, 2.75) is 50.5 Å². The molecule has 4 aliphatic rings. The summed E-state index contributed by atoms with van der Waals surface area (Å²) < 4.78 is 0. The molecule has 0 spiro atoms. The Morgan fingerprint density at radius 2 is 1.74 bits per heavy atom. The van der Waals surface area contributed by atoms with Crippen LogP contribution >= 0.6 is 0 Å². The minimum Gasteiger partial charge on any atom is -0.390 e. The third-order valence-corrected chi connectivity index (χ3v) is 6.34. The highest BCUT2D eigenvalue weighted by molar-refractivity contribution is 5.95. The molecule has 1 aromatic carbocycles. The number of carbonyl (C=O) groups is 2. The fraction of sp³-hybridized carbons (Fsp3) is 0.579. The summed E-state index contributed by atoms with van der Waals surface area (Å²) >= 11 is 0. The number of aliphatic hydroxyl groups is 1. The van der Waals surface area contributed by atoms with Gasteiger partial charge >= 0.3 is 0 Å². The van der Waals surface area contributed by atoms with Crippen molar-refractivity contribution in [2.75, 3.05) is 0 Å². The Labute approximate surface area is 156 Å². The Morgan fingerprint density at radius 3 is 2.30 bits per heavy atom. The second kappa shape index (κ2) is 6.30. The lowest BCUT2D eigenvalue weighted by molar-refractivity contribution is -0.384. The van der Waals surface area contributed by atoms with Gasteiger partial charge in [0.25, 0.3) is 11.6 Å². The highest BCUT2D eigenvalue weighted by atomic mass is 16.6. The Morgan fingerprint density at radius 1 is 1.11 bits per heavy atom. The molecular formula is C19H23N3O5. The molecule has 3 N–H and O–H groups in total.